The molecule has 6 heteroatoms. The zero-order valence-electron chi connectivity index (χ0n) is 12.0. The van der Waals surface area contributed by atoms with E-state index in [1.807, 2.05) is 6.92 Å². The number of nitrogens with one attached hydrogen (secondary N) is 1. The summed E-state index contributed by atoms with van der Waals surface area (Å²) in [6, 6.07) is 0. The fraction of sp³-hybridized carbons (Fsp3) is 0.857. The zero-order chi connectivity index (χ0) is 15.0. The minimum Gasteiger partial charge on any atom is -0.481 e. The third kappa shape index (κ3) is 5.09. The van der Waals surface area contributed by atoms with Crippen molar-refractivity contribution in [1.82, 2.24) is 5.32 Å². The first-order valence-electron chi connectivity index (χ1n) is 7.29. The van der Waals surface area contributed by atoms with Gasteiger partial charge in [0.05, 0.1) is 25.0 Å². The van der Waals surface area contributed by atoms with Gasteiger partial charge in [0.15, 0.2) is 0 Å². The molecule has 1 aliphatic carbocycles. The van der Waals surface area contributed by atoms with Crippen molar-refractivity contribution < 1.29 is 24.5 Å². The number of hydrogen-bond acceptors (Lipinski definition) is 4. The Bertz CT molecular complexity index is 321. The van der Waals surface area contributed by atoms with Gasteiger partial charge in [0, 0.05) is 13.2 Å². The van der Waals surface area contributed by atoms with Crippen LogP contribution >= 0.6 is 0 Å². The molecular formula is C14H25NO5. The van der Waals surface area contributed by atoms with Gasteiger partial charge in [-0.1, -0.05) is 13.3 Å². The van der Waals surface area contributed by atoms with Gasteiger partial charge < -0.3 is 20.3 Å². The van der Waals surface area contributed by atoms with Crippen LogP contribution in [0.1, 0.15) is 32.6 Å². The van der Waals surface area contributed by atoms with E-state index in [0.717, 1.165) is 6.42 Å². The third-order valence-corrected chi connectivity index (χ3v) is 3.89. The second-order valence-electron chi connectivity index (χ2n) is 5.28. The number of amides is 1. The van der Waals surface area contributed by atoms with Crippen molar-refractivity contribution in [3.8, 4) is 0 Å². The summed E-state index contributed by atoms with van der Waals surface area (Å²) in [5.41, 5.74) is 0. The lowest BCUT2D eigenvalue weighted by Crippen LogP contribution is -2.36. The highest BCUT2D eigenvalue weighted by Crippen LogP contribution is 2.38. The van der Waals surface area contributed by atoms with Crippen LogP contribution in [0.3, 0.4) is 0 Å². The molecule has 0 aromatic heterocycles. The van der Waals surface area contributed by atoms with Gasteiger partial charge in [-0.2, -0.15) is 0 Å². The Balaban J connectivity index is 2.32. The largest absolute Gasteiger partial charge is 0.481 e. The lowest BCUT2D eigenvalue weighted by atomic mass is 9.95. The van der Waals surface area contributed by atoms with Gasteiger partial charge in [0.1, 0.15) is 0 Å². The van der Waals surface area contributed by atoms with E-state index in [9.17, 15) is 14.7 Å². The van der Waals surface area contributed by atoms with Crippen molar-refractivity contribution in [1.29, 1.82) is 0 Å². The monoisotopic (exact) mass is 287 g/mol. The van der Waals surface area contributed by atoms with Crippen LogP contribution in [0.5, 0.6) is 0 Å². The average molecular weight is 287 g/mol. The first-order valence-corrected chi connectivity index (χ1v) is 7.29. The number of ether oxygens (including phenoxy) is 1. The van der Waals surface area contributed by atoms with Gasteiger partial charge >= 0.3 is 5.97 Å². The highest BCUT2D eigenvalue weighted by molar-refractivity contribution is 5.85. The molecule has 1 aliphatic rings. The molecule has 20 heavy (non-hydrogen) atoms. The molecule has 1 amide bonds. The summed E-state index contributed by atoms with van der Waals surface area (Å²) in [6.45, 7) is 3.28. The van der Waals surface area contributed by atoms with Crippen LogP contribution in [0, 0.1) is 17.8 Å². The zero-order valence-corrected chi connectivity index (χ0v) is 12.0. The minimum atomic E-state index is -0.868. The maximum atomic E-state index is 12.1. The molecule has 0 aliphatic heterocycles. The highest BCUT2D eigenvalue weighted by Gasteiger charge is 2.41. The van der Waals surface area contributed by atoms with Crippen molar-refractivity contribution in [2.45, 2.75) is 32.6 Å². The smallest absolute Gasteiger partial charge is 0.307 e. The van der Waals surface area contributed by atoms with E-state index in [-0.39, 0.29) is 12.5 Å². The number of aliphatic hydroxyl groups excluding tert-OH is 1. The van der Waals surface area contributed by atoms with Crippen molar-refractivity contribution in [2.24, 2.45) is 17.8 Å². The molecule has 116 valence electrons. The highest BCUT2D eigenvalue weighted by atomic mass is 16.5. The molecule has 3 unspecified atom stereocenters. The van der Waals surface area contributed by atoms with Crippen molar-refractivity contribution in [3.63, 3.8) is 0 Å². The normalized spacial score (nSPS) is 25.6. The second kappa shape index (κ2) is 8.92. The molecule has 0 spiro atoms. The molecule has 6 nitrogen and oxygen atoms in total. The second-order valence-corrected chi connectivity index (χ2v) is 5.28. The predicted molar refractivity (Wildman–Crippen MR) is 73.2 cm³/mol. The van der Waals surface area contributed by atoms with Crippen LogP contribution < -0.4 is 5.32 Å². The van der Waals surface area contributed by atoms with Crippen molar-refractivity contribution in [3.05, 3.63) is 0 Å². The van der Waals surface area contributed by atoms with E-state index < -0.39 is 17.8 Å². The van der Waals surface area contributed by atoms with E-state index in [0.29, 0.717) is 44.9 Å². The topological polar surface area (TPSA) is 95.9 Å². The molecule has 1 saturated carbocycles. The number of hydrogen-bond donors (Lipinski definition) is 3. The van der Waals surface area contributed by atoms with Gasteiger partial charge in [0.25, 0.3) is 0 Å². The van der Waals surface area contributed by atoms with Gasteiger partial charge in [-0.3, -0.25) is 9.59 Å². The fourth-order valence-corrected chi connectivity index (χ4v) is 2.72. The number of carboxylic acid groups (broad SMARTS) is 1. The molecule has 1 fully saturated rings. The average Bonchev–Trinajstić information content (AvgIpc) is 2.87. The van der Waals surface area contributed by atoms with Gasteiger partial charge in [0.2, 0.25) is 5.91 Å². The molecule has 1 rings (SSSR count). The molecule has 0 saturated heterocycles. The summed E-state index contributed by atoms with van der Waals surface area (Å²) >= 11 is 0. The summed E-state index contributed by atoms with van der Waals surface area (Å²) in [7, 11) is 0. The van der Waals surface area contributed by atoms with E-state index in [1.165, 1.54) is 0 Å². The molecule has 0 aromatic rings. The number of aliphatic hydroxyl groups is 1. The Hall–Kier alpha value is -1.14. The molecule has 3 atom stereocenters. The summed E-state index contributed by atoms with van der Waals surface area (Å²) in [4.78, 5) is 23.3. The molecular weight excluding hydrogens is 262 g/mol. The van der Waals surface area contributed by atoms with Crippen LogP contribution in [-0.4, -0.2) is 48.5 Å². The Kier molecular flexibility index (Phi) is 7.54. The van der Waals surface area contributed by atoms with Crippen LogP contribution in [0.4, 0.5) is 0 Å². The van der Waals surface area contributed by atoms with Crippen LogP contribution in [0.15, 0.2) is 0 Å². The number of aliphatic carboxylic acids is 1. The van der Waals surface area contributed by atoms with Gasteiger partial charge in [-0.15, -0.1) is 0 Å². The lowest BCUT2D eigenvalue weighted by Gasteiger charge is -2.15. The minimum absolute atomic E-state index is 0.00681. The maximum Gasteiger partial charge on any atom is 0.307 e. The Labute approximate surface area is 119 Å². The Morgan fingerprint density at radius 3 is 2.55 bits per heavy atom. The van der Waals surface area contributed by atoms with Crippen LogP contribution in [0.25, 0.3) is 0 Å². The van der Waals surface area contributed by atoms with Crippen molar-refractivity contribution >= 4 is 11.9 Å². The van der Waals surface area contributed by atoms with Crippen LogP contribution in [-0.2, 0) is 14.3 Å². The summed E-state index contributed by atoms with van der Waals surface area (Å²) < 4.78 is 5.09. The maximum absolute atomic E-state index is 12.1. The summed E-state index contributed by atoms with van der Waals surface area (Å²) in [5.74, 6) is -1.65. The first kappa shape index (κ1) is 16.9. The first-order chi connectivity index (χ1) is 9.60. The van der Waals surface area contributed by atoms with Gasteiger partial charge in [-0.05, 0) is 25.2 Å². The molecule has 0 bridgehead atoms. The van der Waals surface area contributed by atoms with E-state index in [1.54, 1.807) is 0 Å². The molecule has 0 heterocycles. The van der Waals surface area contributed by atoms with Gasteiger partial charge in [-0.25, -0.2) is 0 Å². The van der Waals surface area contributed by atoms with E-state index >= 15 is 0 Å². The Morgan fingerprint density at radius 2 is 1.95 bits per heavy atom. The van der Waals surface area contributed by atoms with E-state index in [4.69, 9.17) is 9.84 Å². The fourth-order valence-electron chi connectivity index (χ4n) is 2.72. The summed E-state index contributed by atoms with van der Waals surface area (Å²) in [6.07, 6.45) is 2.85. The quantitative estimate of drug-likeness (QED) is 0.541. The number of carbonyl (C=O) groups is 2. The summed E-state index contributed by atoms with van der Waals surface area (Å²) in [5, 5.41) is 20.5. The number of rotatable bonds is 9. The number of carboxylic acids is 1. The SMILES string of the molecule is CCC1CC(C(=O)O)C(C(=O)NCCCOCCO)C1. The number of carbonyl (C=O) groups excluding carboxylic acids is 1. The molecule has 0 radical (unpaired) electrons. The Morgan fingerprint density at radius 1 is 1.25 bits per heavy atom. The third-order valence-electron chi connectivity index (χ3n) is 3.89. The van der Waals surface area contributed by atoms with E-state index in [2.05, 4.69) is 5.32 Å². The van der Waals surface area contributed by atoms with Crippen LogP contribution in [0.2, 0.25) is 0 Å². The molecule has 3 N–H and O–H groups in total. The predicted octanol–water partition coefficient (Wildman–Crippen LogP) is 0.639. The standard InChI is InChI=1S/C14H25NO5/c1-2-10-8-11(12(9-10)14(18)19)13(17)15-4-3-6-20-7-5-16/h10-12,16H,2-9H2,1H3,(H,15,17)(H,18,19). The molecule has 0 aromatic carbocycles. The van der Waals surface area contributed by atoms with Crippen molar-refractivity contribution in [2.75, 3.05) is 26.4 Å². The lowest BCUT2D eigenvalue weighted by molar-refractivity contribution is -0.146.